The first kappa shape index (κ1) is 63.6. The predicted octanol–water partition coefficient (Wildman–Crippen LogP) is 8.96. The molecule has 0 bridgehead atoms. The molecule has 2 fully saturated rings. The van der Waals surface area contributed by atoms with Gasteiger partial charge in [-0.2, -0.15) is 0 Å². The van der Waals surface area contributed by atoms with Crippen molar-refractivity contribution in [1.29, 1.82) is 0 Å². The van der Waals surface area contributed by atoms with Crippen LogP contribution in [0.15, 0.2) is 0 Å². The zero-order valence-corrected chi connectivity index (χ0v) is 44.9. The molecule has 406 valence electrons. The molecule has 0 amide bonds. The summed E-state index contributed by atoms with van der Waals surface area (Å²) in [6.07, 6.45) is 9.68. The zero-order valence-electron chi connectivity index (χ0n) is 44.9. The fourth-order valence-corrected chi connectivity index (χ4v) is 9.74. The Morgan fingerprint density at radius 2 is 0.735 bits per heavy atom. The highest BCUT2D eigenvalue weighted by Crippen LogP contribution is 2.28. The molecule has 2 heterocycles. The second-order valence-electron chi connectivity index (χ2n) is 23.0. The lowest BCUT2D eigenvalue weighted by Crippen LogP contribution is -2.61. The highest BCUT2D eigenvalue weighted by atomic mass is 16.7. The van der Waals surface area contributed by atoms with E-state index in [0.29, 0.717) is 25.0 Å². The van der Waals surface area contributed by atoms with Gasteiger partial charge in [0, 0.05) is 13.2 Å². The van der Waals surface area contributed by atoms with Crippen molar-refractivity contribution in [2.45, 2.75) is 265 Å². The third-order valence-corrected chi connectivity index (χ3v) is 14.9. The van der Waals surface area contributed by atoms with Crippen LogP contribution >= 0.6 is 0 Å². The lowest BCUT2D eigenvalue weighted by molar-refractivity contribution is -0.333. The van der Waals surface area contributed by atoms with Crippen LogP contribution in [-0.2, 0) is 28.4 Å². The summed E-state index contributed by atoms with van der Waals surface area (Å²) in [4.78, 5) is 0. The van der Waals surface area contributed by atoms with Crippen molar-refractivity contribution >= 4 is 0 Å². The fourth-order valence-electron chi connectivity index (χ4n) is 9.74. The number of aliphatic hydroxyl groups excluding tert-OH is 7. The van der Waals surface area contributed by atoms with E-state index in [9.17, 15) is 35.7 Å². The highest BCUT2D eigenvalue weighted by molar-refractivity contribution is 4.92. The smallest absolute Gasteiger partial charge is 0.186 e. The number of ether oxygens (including phenoxy) is 6. The average Bonchev–Trinajstić information content (AvgIpc) is 3.28. The maximum Gasteiger partial charge on any atom is 0.186 e. The van der Waals surface area contributed by atoms with Crippen molar-refractivity contribution in [3.05, 3.63) is 0 Å². The van der Waals surface area contributed by atoms with Crippen molar-refractivity contribution in [2.75, 3.05) is 39.6 Å². The second-order valence-corrected chi connectivity index (χ2v) is 23.0. The van der Waals surface area contributed by atoms with Crippen LogP contribution in [-0.4, -0.2) is 143 Å². The van der Waals surface area contributed by atoms with Gasteiger partial charge < -0.3 is 64.2 Å². The lowest BCUT2D eigenvalue weighted by Gasteiger charge is -2.42. The first-order valence-electron chi connectivity index (χ1n) is 27.7. The van der Waals surface area contributed by atoms with E-state index < -0.39 is 80.7 Å². The molecule has 13 nitrogen and oxygen atoms in total. The van der Waals surface area contributed by atoms with E-state index in [1.165, 1.54) is 109 Å². The minimum Gasteiger partial charge on any atom is -0.394 e. The summed E-state index contributed by atoms with van der Waals surface area (Å²) in [6, 6.07) is 0. The Morgan fingerprint density at radius 1 is 0.382 bits per heavy atom. The van der Waals surface area contributed by atoms with Crippen LogP contribution in [0.4, 0.5) is 0 Å². The standard InChI is InChI=1S/C55H108O13/c1-37(2)17-11-19-39(5)21-13-23-41(7)25-15-27-43(9)29-31-63-34-45(64-32-30-44(10)28-16-26-42(8)24-14-22-40(6)20-12-18-38(3)4)35-65-54-53(62)51(60)49(58)47(68-54)36-66-55-52(61)50(59)48(57)46(33-56)67-55/h37-62H,11-36H2,1-10H3/t39-,40-,41+,42+,43+,44+,45+,46-,47-,48-,49-,50+,51+,52-,53-,54+,55-/m1/s1. The van der Waals surface area contributed by atoms with Gasteiger partial charge in [0.2, 0.25) is 0 Å². The van der Waals surface area contributed by atoms with Crippen molar-refractivity contribution < 1.29 is 64.2 Å². The van der Waals surface area contributed by atoms with Crippen LogP contribution in [0.1, 0.15) is 198 Å². The maximum absolute atomic E-state index is 10.9. The Labute approximate surface area is 415 Å². The third kappa shape index (κ3) is 27.0. The van der Waals surface area contributed by atoms with Gasteiger partial charge in [0.1, 0.15) is 54.9 Å². The van der Waals surface area contributed by atoms with Gasteiger partial charge in [-0.1, -0.05) is 185 Å². The molecular weight excluding hydrogens is 869 g/mol. The summed E-state index contributed by atoms with van der Waals surface area (Å²) in [5.41, 5.74) is 0. The summed E-state index contributed by atoms with van der Waals surface area (Å²) >= 11 is 0. The molecule has 2 aliphatic rings. The molecule has 0 aromatic carbocycles. The van der Waals surface area contributed by atoms with Gasteiger partial charge in [-0.15, -0.1) is 0 Å². The second kappa shape index (κ2) is 36.4. The number of rotatable bonds is 40. The molecule has 13 heteroatoms. The van der Waals surface area contributed by atoms with Gasteiger partial charge in [0.05, 0.1) is 26.4 Å². The summed E-state index contributed by atoms with van der Waals surface area (Å²) in [5, 5.41) is 72.7. The number of hydrogen-bond donors (Lipinski definition) is 7. The van der Waals surface area contributed by atoms with E-state index in [-0.39, 0.29) is 13.2 Å². The Balaban J connectivity index is 1.86. The Bertz CT molecular complexity index is 1190. The summed E-state index contributed by atoms with van der Waals surface area (Å²) < 4.78 is 35.5. The Morgan fingerprint density at radius 3 is 1.15 bits per heavy atom. The molecule has 2 rings (SSSR count). The summed E-state index contributed by atoms with van der Waals surface area (Å²) in [6.45, 7) is 23.7. The third-order valence-electron chi connectivity index (χ3n) is 14.9. The van der Waals surface area contributed by atoms with Gasteiger partial charge in [0.25, 0.3) is 0 Å². The molecule has 0 spiro atoms. The van der Waals surface area contributed by atoms with E-state index in [2.05, 4.69) is 69.2 Å². The maximum atomic E-state index is 10.9. The zero-order chi connectivity index (χ0) is 50.6. The normalized spacial score (nSPS) is 29.0. The Hall–Kier alpha value is -0.520. The Kier molecular flexibility index (Phi) is 34.1. The molecule has 0 unspecified atom stereocenters. The molecule has 0 radical (unpaired) electrons. The minimum atomic E-state index is -1.65. The molecule has 68 heavy (non-hydrogen) atoms. The van der Waals surface area contributed by atoms with E-state index in [0.717, 1.165) is 54.8 Å². The van der Waals surface area contributed by atoms with E-state index in [1.807, 2.05) is 0 Å². The summed E-state index contributed by atoms with van der Waals surface area (Å²) in [5.74, 6) is 5.74. The predicted molar refractivity (Wildman–Crippen MR) is 270 cm³/mol. The van der Waals surface area contributed by atoms with Gasteiger partial charge in [-0.25, -0.2) is 0 Å². The molecule has 2 aliphatic heterocycles. The van der Waals surface area contributed by atoms with Crippen molar-refractivity contribution in [2.24, 2.45) is 47.3 Å². The topological polar surface area (TPSA) is 197 Å². The molecule has 7 N–H and O–H groups in total. The van der Waals surface area contributed by atoms with Crippen LogP contribution in [0.2, 0.25) is 0 Å². The molecular formula is C55H108O13. The quantitative estimate of drug-likeness (QED) is 0.0288. The van der Waals surface area contributed by atoms with Gasteiger partial charge >= 0.3 is 0 Å². The monoisotopic (exact) mass is 977 g/mol. The van der Waals surface area contributed by atoms with Crippen LogP contribution in [0, 0.1) is 47.3 Å². The van der Waals surface area contributed by atoms with Crippen molar-refractivity contribution in [1.82, 2.24) is 0 Å². The molecule has 0 aliphatic carbocycles. The molecule has 0 aromatic rings. The van der Waals surface area contributed by atoms with Crippen LogP contribution < -0.4 is 0 Å². The van der Waals surface area contributed by atoms with E-state index in [4.69, 9.17) is 28.4 Å². The number of hydrogen-bond acceptors (Lipinski definition) is 13. The van der Waals surface area contributed by atoms with Gasteiger partial charge in [-0.3, -0.25) is 0 Å². The van der Waals surface area contributed by atoms with Crippen LogP contribution in [0.5, 0.6) is 0 Å². The highest BCUT2D eigenvalue weighted by Gasteiger charge is 2.47. The van der Waals surface area contributed by atoms with Gasteiger partial charge in [0.15, 0.2) is 12.6 Å². The van der Waals surface area contributed by atoms with Crippen molar-refractivity contribution in [3.63, 3.8) is 0 Å². The summed E-state index contributed by atoms with van der Waals surface area (Å²) in [7, 11) is 0. The average molecular weight is 977 g/mol. The van der Waals surface area contributed by atoms with Crippen LogP contribution in [0.25, 0.3) is 0 Å². The fraction of sp³-hybridized carbons (Fsp3) is 1.00. The SMILES string of the molecule is CC(C)CCC[C@@H](C)CCC[C@H](C)CCC[C@H](C)CCOC[C@@H](CO[C@H]1O[C@H](CO[C@@H]2O[C@H](CO)[C@@H](O)[C@H](O)[C@H]2O)[C@@H](O)[C@H](O)[C@H]1O)OCC[C@@H](C)CCC[C@@H](C)CCC[C@H](C)CCCC(C)C. The molecule has 0 aromatic heterocycles. The van der Waals surface area contributed by atoms with Crippen molar-refractivity contribution in [3.8, 4) is 0 Å². The largest absolute Gasteiger partial charge is 0.394 e. The van der Waals surface area contributed by atoms with E-state index >= 15 is 0 Å². The van der Waals surface area contributed by atoms with E-state index in [1.54, 1.807) is 0 Å². The van der Waals surface area contributed by atoms with Crippen LogP contribution in [0.3, 0.4) is 0 Å². The number of aliphatic hydroxyl groups is 7. The van der Waals surface area contributed by atoms with Gasteiger partial charge in [-0.05, 0) is 60.2 Å². The first-order chi connectivity index (χ1) is 32.3. The lowest BCUT2D eigenvalue weighted by atomic mass is 9.91. The molecule has 2 saturated heterocycles. The molecule has 0 saturated carbocycles. The minimum absolute atomic E-state index is 0.00274. The molecule has 17 atom stereocenters. The first-order valence-corrected chi connectivity index (χ1v) is 27.7.